The molecule has 2 fully saturated rings. The molecule has 0 radical (unpaired) electrons. The summed E-state index contributed by atoms with van der Waals surface area (Å²) in [5.74, 6) is 0.104. The van der Waals surface area contributed by atoms with Gasteiger partial charge in [-0.2, -0.15) is 0 Å². The van der Waals surface area contributed by atoms with Gasteiger partial charge < -0.3 is 9.64 Å². The smallest absolute Gasteiger partial charge is 0.409 e. The summed E-state index contributed by atoms with van der Waals surface area (Å²) in [4.78, 5) is 12.6. The number of carbonyl (C=O) groups is 1. The Bertz CT molecular complexity index is 336. The van der Waals surface area contributed by atoms with Crippen molar-refractivity contribution in [2.45, 2.75) is 17.7 Å². The summed E-state index contributed by atoms with van der Waals surface area (Å²) < 4.78 is 27.1. The van der Waals surface area contributed by atoms with Crippen LogP contribution in [0.3, 0.4) is 0 Å². The monoisotopic (exact) mass is 205 g/mol. The number of hydrogen-bond acceptors (Lipinski definition) is 4. The van der Waals surface area contributed by atoms with Crippen LogP contribution in [0.2, 0.25) is 0 Å². The van der Waals surface area contributed by atoms with E-state index in [-0.39, 0.29) is 17.0 Å². The van der Waals surface area contributed by atoms with E-state index in [4.69, 9.17) is 0 Å². The van der Waals surface area contributed by atoms with E-state index in [0.29, 0.717) is 13.0 Å². The van der Waals surface area contributed by atoms with Gasteiger partial charge in [-0.3, -0.25) is 0 Å². The van der Waals surface area contributed by atoms with Crippen molar-refractivity contribution < 1.29 is 17.9 Å². The van der Waals surface area contributed by atoms with E-state index in [1.54, 1.807) is 0 Å². The second kappa shape index (κ2) is 2.60. The summed E-state index contributed by atoms with van der Waals surface area (Å²) in [7, 11) is -1.60. The molecule has 2 rings (SSSR count). The molecule has 2 aliphatic heterocycles. The number of amides is 1. The van der Waals surface area contributed by atoms with Gasteiger partial charge in [-0.15, -0.1) is 0 Å². The zero-order valence-corrected chi connectivity index (χ0v) is 8.08. The SMILES string of the molecule is COC(=O)N1CC2CC1CS2(=O)=O. The molecule has 2 saturated heterocycles. The van der Waals surface area contributed by atoms with Crippen LogP contribution in [0.15, 0.2) is 0 Å². The molecule has 74 valence electrons. The Morgan fingerprint density at radius 1 is 1.54 bits per heavy atom. The van der Waals surface area contributed by atoms with Crippen molar-refractivity contribution in [1.82, 2.24) is 4.90 Å². The lowest BCUT2D eigenvalue weighted by atomic mass is 10.2. The van der Waals surface area contributed by atoms with Crippen LogP contribution in [0.4, 0.5) is 4.79 Å². The van der Waals surface area contributed by atoms with Gasteiger partial charge in [0, 0.05) is 6.54 Å². The maximum Gasteiger partial charge on any atom is 0.409 e. The topological polar surface area (TPSA) is 63.7 Å². The van der Waals surface area contributed by atoms with E-state index in [9.17, 15) is 13.2 Å². The van der Waals surface area contributed by atoms with Gasteiger partial charge in [0.15, 0.2) is 9.84 Å². The number of sulfone groups is 1. The zero-order valence-electron chi connectivity index (χ0n) is 7.26. The minimum Gasteiger partial charge on any atom is -0.453 e. The van der Waals surface area contributed by atoms with Gasteiger partial charge in [0.1, 0.15) is 0 Å². The maximum absolute atomic E-state index is 11.3. The predicted molar refractivity (Wildman–Crippen MR) is 45.1 cm³/mol. The third-order valence-electron chi connectivity index (χ3n) is 2.72. The molecule has 0 aromatic rings. The van der Waals surface area contributed by atoms with Crippen molar-refractivity contribution in [3.05, 3.63) is 0 Å². The Kier molecular flexibility index (Phi) is 1.76. The number of nitrogens with zero attached hydrogens (tertiary/aromatic N) is 1. The number of carbonyl (C=O) groups excluding carboxylic acids is 1. The highest BCUT2D eigenvalue weighted by Gasteiger charge is 2.50. The van der Waals surface area contributed by atoms with Crippen LogP contribution in [0.25, 0.3) is 0 Å². The first-order valence-corrected chi connectivity index (χ1v) is 5.82. The predicted octanol–water partition coefficient (Wildman–Crippen LogP) is -0.376. The van der Waals surface area contributed by atoms with E-state index in [1.165, 1.54) is 12.0 Å². The summed E-state index contributed by atoms with van der Waals surface area (Å²) in [6.45, 7) is 0.305. The van der Waals surface area contributed by atoms with Gasteiger partial charge in [0.2, 0.25) is 0 Å². The van der Waals surface area contributed by atoms with Gasteiger partial charge in [-0.1, -0.05) is 0 Å². The van der Waals surface area contributed by atoms with Crippen LogP contribution < -0.4 is 0 Å². The largest absolute Gasteiger partial charge is 0.453 e. The Morgan fingerprint density at radius 3 is 2.62 bits per heavy atom. The molecule has 2 aliphatic rings. The minimum atomic E-state index is -2.91. The molecule has 13 heavy (non-hydrogen) atoms. The van der Waals surface area contributed by atoms with Gasteiger partial charge in [0.25, 0.3) is 0 Å². The number of rotatable bonds is 0. The summed E-state index contributed by atoms with van der Waals surface area (Å²) in [6.07, 6.45) is 0.166. The van der Waals surface area contributed by atoms with E-state index in [2.05, 4.69) is 4.74 Å². The number of hydrogen-bond donors (Lipinski definition) is 0. The fourth-order valence-electron chi connectivity index (χ4n) is 2.04. The van der Waals surface area contributed by atoms with Crippen LogP contribution in [-0.4, -0.2) is 50.1 Å². The fourth-order valence-corrected chi connectivity index (χ4v) is 4.06. The highest BCUT2D eigenvalue weighted by molar-refractivity contribution is 7.92. The van der Waals surface area contributed by atoms with Crippen molar-refractivity contribution in [3.63, 3.8) is 0 Å². The van der Waals surface area contributed by atoms with Crippen LogP contribution in [0.1, 0.15) is 6.42 Å². The summed E-state index contributed by atoms with van der Waals surface area (Å²) in [5.41, 5.74) is 0. The third kappa shape index (κ3) is 1.20. The van der Waals surface area contributed by atoms with E-state index < -0.39 is 15.9 Å². The quantitative estimate of drug-likeness (QED) is 0.541. The molecule has 6 heteroatoms. The van der Waals surface area contributed by atoms with Crippen molar-refractivity contribution in [2.24, 2.45) is 0 Å². The number of methoxy groups -OCH3 is 1. The Balaban J connectivity index is 2.16. The van der Waals surface area contributed by atoms with Crippen LogP contribution in [0.5, 0.6) is 0 Å². The van der Waals surface area contributed by atoms with Crippen LogP contribution >= 0.6 is 0 Å². The lowest BCUT2D eigenvalue weighted by Gasteiger charge is -2.24. The second-order valence-corrected chi connectivity index (χ2v) is 5.79. The molecule has 2 unspecified atom stereocenters. The van der Waals surface area contributed by atoms with Crippen molar-refractivity contribution in [2.75, 3.05) is 19.4 Å². The first-order chi connectivity index (χ1) is 6.04. The number of ether oxygens (including phenoxy) is 1. The number of likely N-dealkylation sites (tertiary alicyclic amines) is 1. The zero-order chi connectivity index (χ0) is 9.64. The Labute approximate surface area is 76.6 Å². The van der Waals surface area contributed by atoms with E-state index in [1.807, 2.05) is 0 Å². The molecule has 2 atom stereocenters. The fraction of sp³-hybridized carbons (Fsp3) is 0.857. The molecular weight excluding hydrogens is 194 g/mol. The average Bonchev–Trinajstić information content (AvgIpc) is 2.57. The molecule has 0 aromatic carbocycles. The highest BCUT2D eigenvalue weighted by Crippen LogP contribution is 2.32. The van der Waals surface area contributed by atoms with Crippen LogP contribution in [0, 0.1) is 0 Å². The summed E-state index contributed by atoms with van der Waals surface area (Å²) in [5, 5.41) is -0.350. The second-order valence-electron chi connectivity index (χ2n) is 3.46. The molecule has 2 heterocycles. The molecule has 0 aliphatic carbocycles. The highest BCUT2D eigenvalue weighted by atomic mass is 32.2. The molecule has 5 nitrogen and oxygen atoms in total. The Morgan fingerprint density at radius 2 is 2.23 bits per heavy atom. The van der Waals surface area contributed by atoms with E-state index >= 15 is 0 Å². The standard InChI is InChI=1S/C7H11NO4S/c1-12-7(9)8-3-6-2-5(8)4-13(6,10)11/h5-6H,2-4H2,1H3. The van der Waals surface area contributed by atoms with Crippen molar-refractivity contribution in [3.8, 4) is 0 Å². The molecular formula is C7H11NO4S. The first-order valence-electron chi connectivity index (χ1n) is 4.11. The van der Waals surface area contributed by atoms with Gasteiger partial charge in [-0.05, 0) is 6.42 Å². The lowest BCUT2D eigenvalue weighted by Crippen LogP contribution is -2.43. The third-order valence-corrected chi connectivity index (χ3v) is 4.92. The van der Waals surface area contributed by atoms with Crippen molar-refractivity contribution >= 4 is 15.9 Å². The minimum absolute atomic E-state index is 0.104. The lowest BCUT2D eigenvalue weighted by molar-refractivity contribution is 0.121. The maximum atomic E-state index is 11.3. The molecule has 0 N–H and O–H groups in total. The molecule has 0 aromatic heterocycles. The molecule has 2 bridgehead atoms. The van der Waals surface area contributed by atoms with Crippen LogP contribution in [-0.2, 0) is 14.6 Å². The normalized spacial score (nSPS) is 35.0. The molecule has 0 spiro atoms. The molecule has 0 saturated carbocycles. The van der Waals surface area contributed by atoms with Gasteiger partial charge in [0.05, 0.1) is 24.2 Å². The van der Waals surface area contributed by atoms with Gasteiger partial charge in [-0.25, -0.2) is 13.2 Å². The van der Waals surface area contributed by atoms with E-state index in [0.717, 1.165) is 0 Å². The summed E-state index contributed by atoms with van der Waals surface area (Å²) >= 11 is 0. The Hall–Kier alpha value is -0.780. The van der Waals surface area contributed by atoms with Crippen molar-refractivity contribution in [1.29, 1.82) is 0 Å². The number of fused-ring (bicyclic) bond motifs is 2. The first kappa shape index (κ1) is 8.80. The van der Waals surface area contributed by atoms with Gasteiger partial charge >= 0.3 is 6.09 Å². The summed E-state index contributed by atoms with van der Waals surface area (Å²) in [6, 6.07) is -0.151. The average molecular weight is 205 g/mol. The molecule has 1 amide bonds.